The summed E-state index contributed by atoms with van der Waals surface area (Å²) in [7, 11) is 1.37. The second kappa shape index (κ2) is 6.94. The molecule has 4 heteroatoms. The minimum atomic E-state index is -0.373. The summed E-state index contributed by atoms with van der Waals surface area (Å²) in [4.78, 5) is 11.6. The maximum Gasteiger partial charge on any atom is 0.341 e. The van der Waals surface area contributed by atoms with Gasteiger partial charge in [0.1, 0.15) is 11.3 Å². The van der Waals surface area contributed by atoms with Crippen LogP contribution in [-0.2, 0) is 4.74 Å². The number of esters is 1. The van der Waals surface area contributed by atoms with Crippen LogP contribution in [0.15, 0.2) is 24.3 Å². The van der Waals surface area contributed by atoms with Gasteiger partial charge in [0.2, 0.25) is 0 Å². The Balaban J connectivity index is 2.80. The van der Waals surface area contributed by atoms with E-state index in [-0.39, 0.29) is 11.4 Å². The summed E-state index contributed by atoms with van der Waals surface area (Å²) in [5.74, 6) is 0.560. The molecule has 0 aromatic heterocycles. The van der Waals surface area contributed by atoms with Crippen LogP contribution in [0.5, 0.6) is 5.75 Å². The van der Waals surface area contributed by atoms with Crippen LogP contribution in [0.25, 0.3) is 0 Å². The van der Waals surface area contributed by atoms with Crippen molar-refractivity contribution in [3.63, 3.8) is 0 Å². The molecule has 1 unspecified atom stereocenters. The molecule has 0 heterocycles. The molecule has 0 saturated heterocycles. The molecule has 1 rings (SSSR count). The van der Waals surface area contributed by atoms with Crippen LogP contribution >= 0.6 is 15.9 Å². The number of carbonyl (C=O) groups excluding carboxylic acids is 1. The van der Waals surface area contributed by atoms with Gasteiger partial charge in [0.25, 0.3) is 0 Å². The van der Waals surface area contributed by atoms with Crippen LogP contribution in [0.1, 0.15) is 31.1 Å². The van der Waals surface area contributed by atoms with E-state index in [0.29, 0.717) is 23.8 Å². The van der Waals surface area contributed by atoms with Crippen molar-refractivity contribution in [3.05, 3.63) is 29.8 Å². The molecule has 1 aromatic carbocycles. The number of methoxy groups -OCH3 is 1. The van der Waals surface area contributed by atoms with Crippen LogP contribution in [0.3, 0.4) is 0 Å². The molecule has 106 valence electrons. The number of alkyl halides is 1. The zero-order chi connectivity index (χ0) is 14.5. The molecule has 0 spiro atoms. The van der Waals surface area contributed by atoms with E-state index in [1.54, 1.807) is 18.2 Å². The highest BCUT2D eigenvalue weighted by atomic mass is 79.9. The lowest BCUT2D eigenvalue weighted by molar-refractivity contribution is 0.0594. The molecule has 1 aromatic rings. The van der Waals surface area contributed by atoms with Crippen LogP contribution in [0, 0.1) is 11.3 Å². The topological polar surface area (TPSA) is 35.5 Å². The first-order valence-electron chi connectivity index (χ1n) is 6.26. The zero-order valence-corrected chi connectivity index (χ0v) is 13.5. The van der Waals surface area contributed by atoms with Gasteiger partial charge in [-0.15, -0.1) is 0 Å². The molecule has 0 amide bonds. The number of ether oxygens (including phenoxy) is 2. The number of halogens is 1. The van der Waals surface area contributed by atoms with E-state index in [2.05, 4.69) is 36.7 Å². The van der Waals surface area contributed by atoms with Gasteiger partial charge in [-0.1, -0.05) is 48.8 Å². The Labute approximate surface area is 123 Å². The highest BCUT2D eigenvalue weighted by Gasteiger charge is 2.25. The van der Waals surface area contributed by atoms with Crippen LogP contribution in [0.4, 0.5) is 0 Å². The lowest BCUT2D eigenvalue weighted by Gasteiger charge is -2.29. The molecular formula is C15H21BrO3. The van der Waals surface area contributed by atoms with Gasteiger partial charge in [-0.05, 0) is 17.5 Å². The van der Waals surface area contributed by atoms with Gasteiger partial charge in [-0.25, -0.2) is 4.79 Å². The fraction of sp³-hybridized carbons (Fsp3) is 0.533. The van der Waals surface area contributed by atoms with Gasteiger partial charge < -0.3 is 9.47 Å². The number of rotatable bonds is 5. The van der Waals surface area contributed by atoms with Crippen molar-refractivity contribution in [2.45, 2.75) is 20.8 Å². The second-order valence-corrected chi connectivity index (χ2v) is 6.16. The maximum atomic E-state index is 11.6. The molecule has 0 saturated carbocycles. The van der Waals surface area contributed by atoms with E-state index < -0.39 is 0 Å². The molecule has 0 N–H and O–H groups in total. The Morgan fingerprint density at radius 2 is 1.95 bits per heavy atom. The van der Waals surface area contributed by atoms with Gasteiger partial charge in [0.05, 0.1) is 13.7 Å². The van der Waals surface area contributed by atoms with E-state index in [4.69, 9.17) is 9.47 Å². The van der Waals surface area contributed by atoms with E-state index >= 15 is 0 Å². The lowest BCUT2D eigenvalue weighted by Crippen LogP contribution is -2.28. The van der Waals surface area contributed by atoms with Crippen molar-refractivity contribution in [2.75, 3.05) is 19.0 Å². The Kier molecular flexibility index (Phi) is 5.85. The fourth-order valence-electron chi connectivity index (χ4n) is 1.59. The van der Waals surface area contributed by atoms with Crippen molar-refractivity contribution in [1.82, 2.24) is 0 Å². The molecule has 0 aliphatic rings. The molecule has 1 atom stereocenters. The monoisotopic (exact) mass is 328 g/mol. The molecule has 0 radical (unpaired) electrons. The number of para-hydroxylation sites is 1. The summed E-state index contributed by atoms with van der Waals surface area (Å²) in [5.41, 5.74) is 0.608. The summed E-state index contributed by atoms with van der Waals surface area (Å²) in [5, 5.41) is 0.858. The minimum Gasteiger partial charge on any atom is -0.492 e. The zero-order valence-electron chi connectivity index (χ0n) is 11.9. The van der Waals surface area contributed by atoms with E-state index in [1.807, 2.05) is 6.07 Å². The Morgan fingerprint density at radius 1 is 1.32 bits per heavy atom. The summed E-state index contributed by atoms with van der Waals surface area (Å²) in [6.07, 6.45) is 0. The summed E-state index contributed by atoms with van der Waals surface area (Å²) >= 11 is 3.51. The molecular weight excluding hydrogens is 308 g/mol. The standard InChI is InChI=1S/C15H21BrO3/c1-15(2,3)11(9-16)10-19-13-8-6-5-7-12(13)14(17)18-4/h5-8,11H,9-10H2,1-4H3. The van der Waals surface area contributed by atoms with Crippen LogP contribution in [0.2, 0.25) is 0 Å². The number of hydrogen-bond acceptors (Lipinski definition) is 3. The SMILES string of the molecule is COC(=O)c1ccccc1OCC(CBr)C(C)(C)C. The second-order valence-electron chi connectivity index (χ2n) is 5.52. The first-order valence-corrected chi connectivity index (χ1v) is 7.38. The number of benzene rings is 1. The van der Waals surface area contributed by atoms with Gasteiger partial charge in [-0.3, -0.25) is 0 Å². The van der Waals surface area contributed by atoms with Gasteiger partial charge in [0.15, 0.2) is 0 Å². The molecule has 3 nitrogen and oxygen atoms in total. The molecule has 0 bridgehead atoms. The number of hydrogen-bond donors (Lipinski definition) is 0. The lowest BCUT2D eigenvalue weighted by atomic mass is 9.83. The first-order chi connectivity index (χ1) is 8.90. The molecule has 0 aliphatic carbocycles. The first kappa shape index (κ1) is 16.0. The predicted molar refractivity (Wildman–Crippen MR) is 80.0 cm³/mol. The molecule has 0 fully saturated rings. The molecule has 19 heavy (non-hydrogen) atoms. The largest absolute Gasteiger partial charge is 0.492 e. The van der Waals surface area contributed by atoms with Crippen molar-refractivity contribution < 1.29 is 14.3 Å². The van der Waals surface area contributed by atoms with Gasteiger partial charge in [0, 0.05) is 11.2 Å². The Morgan fingerprint density at radius 3 is 2.47 bits per heavy atom. The van der Waals surface area contributed by atoms with Crippen molar-refractivity contribution in [2.24, 2.45) is 11.3 Å². The Hall–Kier alpha value is -1.03. The van der Waals surface area contributed by atoms with E-state index in [1.165, 1.54) is 7.11 Å². The van der Waals surface area contributed by atoms with Gasteiger partial charge >= 0.3 is 5.97 Å². The quantitative estimate of drug-likeness (QED) is 0.607. The third-order valence-corrected chi connectivity index (χ3v) is 3.92. The maximum absolute atomic E-state index is 11.6. The highest BCUT2D eigenvalue weighted by Crippen LogP contribution is 2.29. The fourth-order valence-corrected chi connectivity index (χ4v) is 2.75. The highest BCUT2D eigenvalue weighted by molar-refractivity contribution is 9.09. The van der Waals surface area contributed by atoms with E-state index in [9.17, 15) is 4.79 Å². The summed E-state index contributed by atoms with van der Waals surface area (Å²) < 4.78 is 10.6. The minimum absolute atomic E-state index is 0.143. The predicted octanol–water partition coefficient (Wildman–Crippen LogP) is 3.91. The van der Waals surface area contributed by atoms with Gasteiger partial charge in [-0.2, -0.15) is 0 Å². The smallest absolute Gasteiger partial charge is 0.341 e. The number of carbonyl (C=O) groups is 1. The normalized spacial score (nSPS) is 12.9. The summed E-state index contributed by atoms with van der Waals surface area (Å²) in [6, 6.07) is 7.15. The summed E-state index contributed by atoms with van der Waals surface area (Å²) in [6.45, 7) is 7.08. The van der Waals surface area contributed by atoms with Crippen molar-refractivity contribution in [3.8, 4) is 5.75 Å². The average Bonchev–Trinajstić information content (AvgIpc) is 2.37. The van der Waals surface area contributed by atoms with Crippen LogP contribution < -0.4 is 4.74 Å². The third kappa shape index (κ3) is 4.53. The van der Waals surface area contributed by atoms with E-state index in [0.717, 1.165) is 5.33 Å². The third-order valence-electron chi connectivity index (χ3n) is 3.14. The van der Waals surface area contributed by atoms with Crippen molar-refractivity contribution >= 4 is 21.9 Å². The molecule has 0 aliphatic heterocycles. The average molecular weight is 329 g/mol. The Bertz CT molecular complexity index is 424. The van der Waals surface area contributed by atoms with Crippen LogP contribution in [-0.4, -0.2) is 25.0 Å². The van der Waals surface area contributed by atoms with Crippen molar-refractivity contribution in [1.29, 1.82) is 0 Å².